The SMILES string of the molecule is I.NC(=NCCCC(=O)N1Cc2ccccc2C1)Nc1ccccc1. The van der Waals surface area contributed by atoms with E-state index >= 15 is 0 Å². The number of carbonyl (C=O) groups excluding carboxylic acids is 1. The number of nitrogens with one attached hydrogen (secondary N) is 1. The van der Waals surface area contributed by atoms with E-state index in [0.717, 1.165) is 18.8 Å². The highest BCUT2D eigenvalue weighted by atomic mass is 127. The number of benzene rings is 2. The van der Waals surface area contributed by atoms with Crippen LogP contribution in [0.3, 0.4) is 0 Å². The topological polar surface area (TPSA) is 70.7 Å². The summed E-state index contributed by atoms with van der Waals surface area (Å²) in [6, 6.07) is 17.9. The number of guanidine groups is 1. The molecule has 0 saturated carbocycles. The van der Waals surface area contributed by atoms with Gasteiger partial charge in [-0.05, 0) is 29.7 Å². The molecule has 2 aromatic carbocycles. The van der Waals surface area contributed by atoms with Crippen molar-refractivity contribution in [3.05, 3.63) is 65.7 Å². The second-order valence-electron chi connectivity index (χ2n) is 5.88. The number of para-hydroxylation sites is 1. The van der Waals surface area contributed by atoms with Crippen molar-refractivity contribution >= 4 is 41.5 Å². The standard InChI is InChI=1S/C19H22N4O.HI/c20-19(22-17-9-2-1-3-10-17)21-12-6-11-18(24)23-13-15-7-4-5-8-16(15)14-23;/h1-5,7-10H,6,11-14H2,(H3,20,21,22);1H. The van der Waals surface area contributed by atoms with Gasteiger partial charge in [0, 0.05) is 31.7 Å². The summed E-state index contributed by atoms with van der Waals surface area (Å²) in [5.74, 6) is 0.554. The first kappa shape index (κ1) is 19.2. The van der Waals surface area contributed by atoms with Gasteiger partial charge in [0.1, 0.15) is 0 Å². The largest absolute Gasteiger partial charge is 0.370 e. The average molecular weight is 450 g/mol. The lowest BCUT2D eigenvalue weighted by Gasteiger charge is -2.14. The van der Waals surface area contributed by atoms with Gasteiger partial charge in [-0.3, -0.25) is 9.79 Å². The van der Waals surface area contributed by atoms with E-state index in [2.05, 4.69) is 22.4 Å². The summed E-state index contributed by atoms with van der Waals surface area (Å²) in [5, 5.41) is 3.03. The summed E-state index contributed by atoms with van der Waals surface area (Å²) in [4.78, 5) is 18.5. The number of hydrogen-bond donors (Lipinski definition) is 2. The number of halogens is 1. The third-order valence-corrected chi connectivity index (χ3v) is 4.07. The summed E-state index contributed by atoms with van der Waals surface area (Å²) in [5.41, 5.74) is 9.25. The molecule has 3 rings (SSSR count). The summed E-state index contributed by atoms with van der Waals surface area (Å²) in [6.07, 6.45) is 1.19. The Kier molecular flexibility index (Phi) is 7.24. The van der Waals surface area contributed by atoms with Crippen LogP contribution in [0.5, 0.6) is 0 Å². The number of hydrogen-bond acceptors (Lipinski definition) is 2. The summed E-state index contributed by atoms with van der Waals surface area (Å²) >= 11 is 0. The highest BCUT2D eigenvalue weighted by Gasteiger charge is 2.21. The molecule has 5 nitrogen and oxygen atoms in total. The number of nitrogens with zero attached hydrogens (tertiary/aromatic N) is 2. The minimum absolute atomic E-state index is 0. The quantitative estimate of drug-likeness (QED) is 0.318. The van der Waals surface area contributed by atoms with Gasteiger partial charge in [0.05, 0.1) is 0 Å². The zero-order valence-corrected chi connectivity index (χ0v) is 16.4. The van der Waals surface area contributed by atoms with Gasteiger partial charge in [-0.2, -0.15) is 0 Å². The minimum atomic E-state index is 0. The summed E-state index contributed by atoms with van der Waals surface area (Å²) < 4.78 is 0. The van der Waals surface area contributed by atoms with E-state index in [-0.39, 0.29) is 29.9 Å². The Hall–Kier alpha value is -2.09. The van der Waals surface area contributed by atoms with E-state index in [4.69, 9.17) is 5.73 Å². The summed E-state index contributed by atoms with van der Waals surface area (Å²) in [7, 11) is 0. The van der Waals surface area contributed by atoms with Crippen LogP contribution >= 0.6 is 24.0 Å². The first-order valence-electron chi connectivity index (χ1n) is 8.19. The monoisotopic (exact) mass is 450 g/mol. The molecule has 1 heterocycles. The second kappa shape index (κ2) is 9.41. The summed E-state index contributed by atoms with van der Waals surface area (Å²) in [6.45, 7) is 1.98. The Morgan fingerprint density at radius 3 is 2.28 bits per heavy atom. The minimum Gasteiger partial charge on any atom is -0.370 e. The van der Waals surface area contributed by atoms with Gasteiger partial charge in [0.2, 0.25) is 5.91 Å². The lowest BCUT2D eigenvalue weighted by Crippen LogP contribution is -2.25. The van der Waals surface area contributed by atoms with Crippen molar-refractivity contribution < 1.29 is 4.79 Å². The van der Waals surface area contributed by atoms with Crippen molar-refractivity contribution in [3.63, 3.8) is 0 Å². The Labute approximate surface area is 165 Å². The molecule has 1 amide bonds. The number of nitrogens with two attached hydrogens (primary N) is 1. The first-order valence-corrected chi connectivity index (χ1v) is 8.19. The molecule has 2 aromatic rings. The highest BCUT2D eigenvalue weighted by molar-refractivity contribution is 14.0. The van der Waals surface area contributed by atoms with E-state index in [1.807, 2.05) is 47.4 Å². The van der Waals surface area contributed by atoms with Gasteiger partial charge in [0.25, 0.3) is 0 Å². The van der Waals surface area contributed by atoms with Crippen molar-refractivity contribution in [1.29, 1.82) is 0 Å². The van der Waals surface area contributed by atoms with Gasteiger partial charge in [-0.15, -0.1) is 24.0 Å². The highest BCUT2D eigenvalue weighted by Crippen LogP contribution is 2.22. The zero-order chi connectivity index (χ0) is 16.8. The molecule has 0 unspecified atom stereocenters. The fourth-order valence-corrected chi connectivity index (χ4v) is 2.81. The predicted molar refractivity (Wildman–Crippen MR) is 112 cm³/mol. The molecule has 0 aromatic heterocycles. The van der Waals surface area contributed by atoms with E-state index in [1.165, 1.54) is 11.1 Å². The van der Waals surface area contributed by atoms with Crippen LogP contribution in [0, 0.1) is 0 Å². The van der Waals surface area contributed by atoms with Crippen LogP contribution in [-0.2, 0) is 17.9 Å². The average Bonchev–Trinajstić information content (AvgIpc) is 3.04. The lowest BCUT2D eigenvalue weighted by atomic mass is 10.1. The molecule has 0 fully saturated rings. The van der Waals surface area contributed by atoms with Gasteiger partial charge in [-0.25, -0.2) is 0 Å². The molecule has 0 spiro atoms. The number of carbonyl (C=O) groups is 1. The molecule has 1 aliphatic rings. The van der Waals surface area contributed by atoms with E-state index in [9.17, 15) is 4.79 Å². The number of anilines is 1. The van der Waals surface area contributed by atoms with Gasteiger partial charge in [0.15, 0.2) is 5.96 Å². The lowest BCUT2D eigenvalue weighted by molar-refractivity contribution is -0.131. The maximum atomic E-state index is 12.3. The molecule has 0 aliphatic carbocycles. The number of rotatable bonds is 5. The van der Waals surface area contributed by atoms with Gasteiger partial charge < -0.3 is 16.0 Å². The van der Waals surface area contributed by atoms with Crippen LogP contribution in [-0.4, -0.2) is 23.3 Å². The van der Waals surface area contributed by atoms with Gasteiger partial charge in [-0.1, -0.05) is 42.5 Å². The van der Waals surface area contributed by atoms with Crippen LogP contribution in [0.1, 0.15) is 24.0 Å². The van der Waals surface area contributed by atoms with E-state index in [0.29, 0.717) is 25.3 Å². The normalized spacial score (nSPS) is 13.1. The fraction of sp³-hybridized carbons (Fsp3) is 0.263. The van der Waals surface area contributed by atoms with Crippen molar-refractivity contribution in [1.82, 2.24) is 4.90 Å². The van der Waals surface area contributed by atoms with Gasteiger partial charge >= 0.3 is 0 Å². The Morgan fingerprint density at radius 1 is 1.04 bits per heavy atom. The molecule has 1 aliphatic heterocycles. The van der Waals surface area contributed by atoms with Crippen LogP contribution < -0.4 is 11.1 Å². The predicted octanol–water partition coefficient (Wildman–Crippen LogP) is 3.35. The van der Waals surface area contributed by atoms with Crippen LogP contribution in [0.15, 0.2) is 59.6 Å². The van der Waals surface area contributed by atoms with Crippen LogP contribution in [0.25, 0.3) is 0 Å². The van der Waals surface area contributed by atoms with Crippen molar-refractivity contribution in [2.75, 3.05) is 11.9 Å². The molecular formula is C19H23IN4O. The zero-order valence-electron chi connectivity index (χ0n) is 14.0. The van der Waals surface area contributed by atoms with E-state index < -0.39 is 0 Å². The molecular weight excluding hydrogens is 427 g/mol. The number of fused-ring (bicyclic) bond motifs is 1. The van der Waals surface area contributed by atoms with Crippen molar-refractivity contribution in [2.45, 2.75) is 25.9 Å². The van der Waals surface area contributed by atoms with Crippen LogP contribution in [0.4, 0.5) is 5.69 Å². The maximum Gasteiger partial charge on any atom is 0.223 e. The molecule has 3 N–H and O–H groups in total. The number of aliphatic imine (C=N–C) groups is 1. The number of amides is 1. The molecule has 0 bridgehead atoms. The first-order chi connectivity index (χ1) is 11.7. The van der Waals surface area contributed by atoms with Crippen molar-refractivity contribution in [3.8, 4) is 0 Å². The second-order valence-corrected chi connectivity index (χ2v) is 5.88. The smallest absolute Gasteiger partial charge is 0.223 e. The molecule has 6 heteroatoms. The van der Waals surface area contributed by atoms with E-state index in [1.54, 1.807) is 0 Å². The molecule has 25 heavy (non-hydrogen) atoms. The fourth-order valence-electron chi connectivity index (χ4n) is 2.81. The third kappa shape index (κ3) is 5.45. The molecule has 132 valence electrons. The Balaban J connectivity index is 0.00000225. The molecule has 0 radical (unpaired) electrons. The van der Waals surface area contributed by atoms with Crippen LogP contribution in [0.2, 0.25) is 0 Å². The third-order valence-electron chi connectivity index (χ3n) is 4.07. The maximum absolute atomic E-state index is 12.3. The molecule has 0 saturated heterocycles. The Bertz CT molecular complexity index is 708. The molecule has 0 atom stereocenters. The van der Waals surface area contributed by atoms with Crippen molar-refractivity contribution in [2.24, 2.45) is 10.7 Å². The Morgan fingerprint density at radius 2 is 1.64 bits per heavy atom.